The molecule has 4 amide bonds. The number of aromatic carboxylic acids is 1. The normalized spacial score (nSPS) is 25.7. The lowest BCUT2D eigenvalue weighted by Crippen LogP contribution is -2.54. The van der Waals surface area contributed by atoms with Gasteiger partial charge in [-0.05, 0) is 94.7 Å². The van der Waals surface area contributed by atoms with Crippen LogP contribution in [0, 0.1) is 23.6 Å². The highest BCUT2D eigenvalue weighted by atomic mass is 19.1. The number of benzene rings is 1. The second-order valence-corrected chi connectivity index (χ2v) is 19.7. The Bertz CT molecular complexity index is 2290. The van der Waals surface area contributed by atoms with E-state index >= 15 is 4.39 Å². The van der Waals surface area contributed by atoms with Crippen molar-refractivity contribution in [2.75, 3.05) is 92.8 Å². The second-order valence-electron chi connectivity index (χ2n) is 19.7. The van der Waals surface area contributed by atoms with E-state index in [1.807, 2.05) is 11.9 Å². The van der Waals surface area contributed by atoms with E-state index in [2.05, 4.69) is 55.9 Å². The molecule has 6 fully saturated rings. The summed E-state index contributed by atoms with van der Waals surface area (Å²) in [5.74, 6) is -0.506. The minimum atomic E-state index is -1.08. The maximum atomic E-state index is 15.2. The number of piperidine rings is 2. The molecule has 0 radical (unpaired) electrons. The number of nitrogens with one attached hydrogen (secondary N) is 4. The lowest BCUT2D eigenvalue weighted by molar-refractivity contribution is -0.143. The number of hydrogen-bond acceptors (Lipinski definition) is 14. The number of imide groups is 1. The van der Waals surface area contributed by atoms with Crippen LogP contribution in [0.2, 0.25) is 0 Å². The van der Waals surface area contributed by atoms with Gasteiger partial charge in [0.05, 0.1) is 17.6 Å². The van der Waals surface area contributed by atoms with Crippen molar-refractivity contribution in [3.63, 3.8) is 0 Å². The number of carbonyl (C=O) groups is 5. The third-order valence-corrected chi connectivity index (χ3v) is 15.3. The number of rotatable bonds is 13. The molecule has 9 rings (SSSR count). The molecule has 2 aromatic heterocycles. The molecule has 5 N–H and O–H groups in total. The van der Waals surface area contributed by atoms with Gasteiger partial charge in [-0.15, -0.1) is 0 Å². The van der Waals surface area contributed by atoms with Crippen molar-refractivity contribution in [3.8, 4) is 0 Å². The second kappa shape index (κ2) is 21.2. The zero-order valence-corrected chi connectivity index (χ0v) is 39.1. The topological polar surface area (TPSA) is 213 Å². The molecule has 366 valence electrons. The Morgan fingerprint density at radius 3 is 2.07 bits per heavy atom. The number of carboxylic acids is 1. The van der Waals surface area contributed by atoms with Crippen LogP contribution >= 0.6 is 0 Å². The van der Waals surface area contributed by atoms with Gasteiger partial charge in [0.1, 0.15) is 23.2 Å². The van der Waals surface area contributed by atoms with Gasteiger partial charge < -0.3 is 35.8 Å². The van der Waals surface area contributed by atoms with Crippen molar-refractivity contribution in [1.29, 1.82) is 0 Å². The molecular weight excluding hydrogens is 874 g/mol. The minimum absolute atomic E-state index is 0.0107. The monoisotopic (exact) mass is 940 g/mol. The highest BCUT2D eigenvalue weighted by Gasteiger charge is 2.37. The fourth-order valence-corrected chi connectivity index (χ4v) is 11.3. The molecule has 20 heteroatoms. The third-order valence-electron chi connectivity index (χ3n) is 15.3. The van der Waals surface area contributed by atoms with Gasteiger partial charge in [0.15, 0.2) is 0 Å². The van der Waals surface area contributed by atoms with Gasteiger partial charge in [0.25, 0.3) is 0 Å². The molecule has 6 aliphatic rings. The predicted molar refractivity (Wildman–Crippen MR) is 253 cm³/mol. The number of carbonyl (C=O) groups excluding carboxylic acids is 4. The zero-order chi connectivity index (χ0) is 47.3. The summed E-state index contributed by atoms with van der Waals surface area (Å²) in [4.78, 5) is 82.9. The first-order valence-corrected chi connectivity index (χ1v) is 24.7. The van der Waals surface area contributed by atoms with Crippen LogP contribution in [0.25, 0.3) is 0 Å². The van der Waals surface area contributed by atoms with E-state index in [4.69, 9.17) is 0 Å². The third kappa shape index (κ3) is 11.3. The maximum Gasteiger partial charge on any atom is 0.341 e. The molecule has 1 atom stereocenters. The lowest BCUT2D eigenvalue weighted by atomic mass is 9.80. The molecule has 1 aromatic carbocycles. The number of halogens is 1. The summed E-state index contributed by atoms with van der Waals surface area (Å²) in [7, 11) is 1.81. The first kappa shape index (κ1) is 47.2. The van der Waals surface area contributed by atoms with E-state index in [9.17, 15) is 29.1 Å². The van der Waals surface area contributed by atoms with E-state index in [0.717, 1.165) is 136 Å². The fourth-order valence-electron chi connectivity index (χ4n) is 11.3. The highest BCUT2D eigenvalue weighted by molar-refractivity contribution is 6.01. The number of aromatic nitrogens is 4. The minimum Gasteiger partial charge on any atom is -0.477 e. The van der Waals surface area contributed by atoms with Crippen LogP contribution in [0.4, 0.5) is 33.2 Å². The van der Waals surface area contributed by atoms with Crippen molar-refractivity contribution in [3.05, 3.63) is 48.2 Å². The number of carboxylic acid groups (broad SMARTS) is 1. The molecular formula is C48H66FN13O6. The molecule has 19 nitrogen and oxygen atoms in total. The molecule has 4 saturated heterocycles. The largest absolute Gasteiger partial charge is 0.477 e. The van der Waals surface area contributed by atoms with Crippen molar-refractivity contribution in [1.82, 2.24) is 44.7 Å². The van der Waals surface area contributed by atoms with Crippen molar-refractivity contribution in [2.45, 2.75) is 95.2 Å². The van der Waals surface area contributed by atoms with Gasteiger partial charge in [0.2, 0.25) is 29.6 Å². The number of piperazine rings is 2. The van der Waals surface area contributed by atoms with Gasteiger partial charge in [-0.25, -0.2) is 14.2 Å². The van der Waals surface area contributed by atoms with Crippen molar-refractivity contribution in [2.24, 2.45) is 24.8 Å². The van der Waals surface area contributed by atoms with Gasteiger partial charge in [-0.3, -0.25) is 39.0 Å². The summed E-state index contributed by atoms with van der Waals surface area (Å²) in [5, 5.41) is 25.8. The molecule has 2 aliphatic carbocycles. The van der Waals surface area contributed by atoms with Crippen molar-refractivity contribution < 1.29 is 33.5 Å². The van der Waals surface area contributed by atoms with E-state index in [-0.39, 0.29) is 59.3 Å². The predicted octanol–water partition coefficient (Wildman–Crippen LogP) is 3.74. The van der Waals surface area contributed by atoms with Crippen LogP contribution in [0.3, 0.4) is 0 Å². The Morgan fingerprint density at radius 1 is 0.779 bits per heavy atom. The van der Waals surface area contributed by atoms with E-state index < -0.39 is 12.0 Å². The molecule has 6 heterocycles. The Morgan fingerprint density at radius 2 is 1.46 bits per heavy atom. The molecule has 68 heavy (non-hydrogen) atoms. The van der Waals surface area contributed by atoms with E-state index in [1.165, 1.54) is 12.3 Å². The van der Waals surface area contributed by atoms with Crippen LogP contribution in [0.15, 0.2) is 36.8 Å². The Labute approximate surface area is 396 Å². The quantitative estimate of drug-likeness (QED) is 0.155. The smallest absolute Gasteiger partial charge is 0.341 e. The summed E-state index contributed by atoms with van der Waals surface area (Å²) in [6.07, 6.45) is 14.1. The SMILES string of the molecule is Cn1cc(Nc2ncc(C(=O)O)c(NC3CCC(N4CCN(C(=O)C5CCC(C(=O)N6CCC(CN7CCN(c8ccc(NC9CCC(=O)NC9=O)cc8F)CC7)CC6)CC5)CC4)CC3)n2)cn1. The standard InChI is InChI=1S/C48H66FN13O6/c1-57-30-36(27-51-57)54-48-50-28-38(47(67)68)43(56-48)53-34-6-9-37(10-7-34)59-22-24-62(25-23-59)46(66)33-4-2-32(3-5-33)45(65)61-16-14-31(15-17-61)29-58-18-20-60(21-19-58)41-12-8-35(26-39(41)49)52-40-11-13-42(63)55-44(40)64/h8,12,26-28,30-34,37,40,52H,2-7,9-11,13-25,29H2,1H3,(H,67,68)(H,55,63,64)(H2,50,53,54,56). The Hall–Kier alpha value is -5.89. The first-order valence-electron chi connectivity index (χ1n) is 24.7. The van der Waals surface area contributed by atoms with Crippen LogP contribution in [-0.4, -0.2) is 164 Å². The van der Waals surface area contributed by atoms with Gasteiger partial charge in [0, 0.05) is 127 Å². The number of nitrogens with zero attached hydrogens (tertiary/aromatic N) is 9. The molecule has 0 bridgehead atoms. The van der Waals surface area contributed by atoms with E-state index in [1.54, 1.807) is 29.2 Å². The average molecular weight is 940 g/mol. The van der Waals surface area contributed by atoms with E-state index in [0.29, 0.717) is 47.2 Å². The molecule has 0 spiro atoms. The summed E-state index contributed by atoms with van der Waals surface area (Å²) in [5.41, 5.74) is 1.81. The number of amides is 4. The van der Waals surface area contributed by atoms with Crippen LogP contribution in [0.5, 0.6) is 0 Å². The molecule has 1 unspecified atom stereocenters. The maximum absolute atomic E-state index is 15.2. The van der Waals surface area contributed by atoms with Gasteiger partial charge >= 0.3 is 5.97 Å². The van der Waals surface area contributed by atoms with Crippen LogP contribution < -0.4 is 26.2 Å². The van der Waals surface area contributed by atoms with Crippen molar-refractivity contribution >= 4 is 58.4 Å². The molecule has 4 aliphatic heterocycles. The summed E-state index contributed by atoms with van der Waals surface area (Å²) in [6, 6.07) is 4.92. The number of likely N-dealkylation sites (tertiary alicyclic amines) is 1. The molecule has 2 saturated carbocycles. The summed E-state index contributed by atoms with van der Waals surface area (Å²) < 4.78 is 16.9. The first-order chi connectivity index (χ1) is 32.9. The van der Waals surface area contributed by atoms with Gasteiger partial charge in [-0.2, -0.15) is 10.1 Å². The lowest BCUT2D eigenvalue weighted by Gasteiger charge is -2.43. The zero-order valence-electron chi connectivity index (χ0n) is 39.1. The summed E-state index contributed by atoms with van der Waals surface area (Å²) >= 11 is 0. The average Bonchev–Trinajstić information content (AvgIpc) is 3.76. The molecule has 3 aromatic rings. The summed E-state index contributed by atoms with van der Waals surface area (Å²) in [6.45, 7) is 8.76. The number of anilines is 5. The Balaban J connectivity index is 0.646. The number of aryl methyl sites for hydroxylation is 1. The van der Waals surface area contributed by atoms with Crippen LogP contribution in [0.1, 0.15) is 87.4 Å². The highest BCUT2D eigenvalue weighted by Crippen LogP contribution is 2.34. The Kier molecular flexibility index (Phi) is 14.7. The fraction of sp³-hybridized carbons (Fsp3) is 0.625. The number of hydrogen-bond donors (Lipinski definition) is 5. The van der Waals surface area contributed by atoms with Gasteiger partial charge in [-0.1, -0.05) is 0 Å². The van der Waals surface area contributed by atoms with Crippen LogP contribution in [-0.2, 0) is 26.2 Å².